The summed E-state index contributed by atoms with van der Waals surface area (Å²) in [4.78, 5) is 0. The first kappa shape index (κ1) is 23.8. The Kier molecular flexibility index (Phi) is 8.44. The van der Waals surface area contributed by atoms with Gasteiger partial charge >= 0.3 is 154 Å². The summed E-state index contributed by atoms with van der Waals surface area (Å²) in [6, 6.07) is 4.60. The molecule has 134 valence electrons. The number of benzene rings is 1. The third-order valence-electron chi connectivity index (χ3n) is 6.39. The monoisotopic (exact) mass is 636 g/mol. The Hall–Kier alpha value is 0.783. The molecule has 1 aromatic carbocycles. The van der Waals surface area contributed by atoms with Crippen LogP contribution < -0.4 is 48.0 Å². The van der Waals surface area contributed by atoms with E-state index in [0.717, 1.165) is 3.63 Å². The maximum absolute atomic E-state index is 2.53. The smallest absolute Gasteiger partial charge is 1.00 e. The van der Waals surface area contributed by atoms with E-state index in [1.54, 1.807) is 27.9 Å². The largest absolute Gasteiger partial charge is 1.00 e. The zero-order valence-electron chi connectivity index (χ0n) is 16.3. The summed E-state index contributed by atoms with van der Waals surface area (Å²) in [6.45, 7) is 16.4. The van der Waals surface area contributed by atoms with E-state index in [1.165, 1.54) is 23.1 Å². The van der Waals surface area contributed by atoms with Crippen LogP contribution in [0.1, 0.15) is 66.9 Å². The normalized spacial score (nSPS) is 20.2. The first-order chi connectivity index (χ1) is 10.8. The summed E-state index contributed by atoms with van der Waals surface area (Å²) in [5, 5.41) is 0. The van der Waals surface area contributed by atoms with Crippen molar-refractivity contribution in [3.05, 3.63) is 62.8 Å². The molecule has 1 aromatic rings. The Morgan fingerprint density at radius 1 is 0.880 bits per heavy atom. The van der Waals surface area contributed by atoms with Gasteiger partial charge in [-0.05, 0) is 0 Å². The molecule has 0 N–H and O–H groups in total. The van der Waals surface area contributed by atoms with Gasteiger partial charge in [0.15, 0.2) is 0 Å². The maximum Gasteiger partial charge on any atom is -1.00 e. The van der Waals surface area contributed by atoms with Gasteiger partial charge in [0.2, 0.25) is 0 Å². The van der Waals surface area contributed by atoms with Gasteiger partial charge in [-0.15, -0.1) is 0 Å². The van der Waals surface area contributed by atoms with Crippen LogP contribution in [0, 0.1) is 13.8 Å². The Morgan fingerprint density at radius 3 is 1.92 bits per heavy atom. The molecule has 1 atom stereocenters. The molecule has 2 aliphatic carbocycles. The molecular weight excluding hydrogens is 609 g/mol. The second-order valence-electron chi connectivity index (χ2n) is 7.27. The maximum atomic E-state index is 2.53. The standard InChI is InChI=1S/C11H11.C11H17.2HI.Zr/c1-8-6-7-9(2)11-5-3-4-10(8)11;1-6-11-9(4)7(2)8(3)10(11)5;;;/h3-7H,1-2H3;6H2,1-5H3;2*1H;/q;;;;+2/p-2. The van der Waals surface area contributed by atoms with Gasteiger partial charge in [-0.1, -0.05) is 0 Å². The minimum Gasteiger partial charge on any atom is -1.00 e. The third kappa shape index (κ3) is 3.72. The quantitative estimate of drug-likeness (QED) is 0.429. The molecule has 0 aromatic heterocycles. The fourth-order valence-electron chi connectivity index (χ4n) is 4.50. The zero-order valence-corrected chi connectivity index (χ0v) is 23.1. The predicted octanol–water partition coefficient (Wildman–Crippen LogP) is 0.717. The summed E-state index contributed by atoms with van der Waals surface area (Å²) < 4.78 is 1.14. The van der Waals surface area contributed by atoms with Gasteiger partial charge in [-0.3, -0.25) is 0 Å². The molecule has 0 amide bonds. The van der Waals surface area contributed by atoms with Crippen LogP contribution in [0.5, 0.6) is 0 Å². The molecule has 0 heterocycles. The molecule has 0 fully saturated rings. The molecule has 1 unspecified atom stereocenters. The number of hydrogen-bond acceptors (Lipinski definition) is 0. The van der Waals surface area contributed by atoms with E-state index in [-0.39, 0.29) is 48.0 Å². The van der Waals surface area contributed by atoms with E-state index in [2.05, 4.69) is 72.8 Å². The minimum atomic E-state index is -0.700. The van der Waals surface area contributed by atoms with Crippen molar-refractivity contribution in [3.63, 3.8) is 0 Å². The minimum absolute atomic E-state index is 0. The van der Waals surface area contributed by atoms with Crippen LogP contribution in [0.15, 0.2) is 40.5 Å². The van der Waals surface area contributed by atoms with Crippen molar-refractivity contribution in [2.45, 2.75) is 61.6 Å². The zero-order chi connectivity index (χ0) is 16.9. The van der Waals surface area contributed by atoms with Gasteiger partial charge in [0.25, 0.3) is 0 Å². The van der Waals surface area contributed by atoms with Crippen molar-refractivity contribution < 1.29 is 71.2 Å². The molecule has 0 spiro atoms. The molecule has 0 saturated heterocycles. The molecule has 0 saturated carbocycles. The average molecular weight is 637 g/mol. The van der Waals surface area contributed by atoms with Gasteiger partial charge in [0.05, 0.1) is 0 Å². The van der Waals surface area contributed by atoms with Crippen LogP contribution in [0.4, 0.5) is 0 Å². The second kappa shape index (κ2) is 8.86. The van der Waals surface area contributed by atoms with Crippen molar-refractivity contribution in [1.82, 2.24) is 0 Å². The molecule has 3 heteroatoms. The Morgan fingerprint density at radius 2 is 1.40 bits per heavy atom. The van der Waals surface area contributed by atoms with Gasteiger partial charge in [0, 0.05) is 0 Å². The van der Waals surface area contributed by atoms with E-state index < -0.39 is 23.2 Å². The molecule has 0 radical (unpaired) electrons. The number of fused-ring (bicyclic) bond motifs is 1. The summed E-state index contributed by atoms with van der Waals surface area (Å²) in [5.74, 6) is 0. The summed E-state index contributed by atoms with van der Waals surface area (Å²) in [6.07, 6.45) is 6.20. The SMILES string of the molecule is CC[C]1([Zr+2][CH]2C=Cc3c(C)ccc(C)c32)C(C)=C(C)C(C)=C1C.[I-].[I-]. The number of rotatable bonds is 3. The second-order valence-corrected chi connectivity index (χ2v) is 11.6. The third-order valence-corrected chi connectivity index (χ3v) is 12.3. The number of halogens is 2. The Balaban J connectivity index is 0.00000156. The van der Waals surface area contributed by atoms with Crippen molar-refractivity contribution in [1.29, 1.82) is 0 Å². The first-order valence-electron chi connectivity index (χ1n) is 8.75. The van der Waals surface area contributed by atoms with Gasteiger partial charge in [0.1, 0.15) is 0 Å². The number of hydrogen-bond donors (Lipinski definition) is 0. The van der Waals surface area contributed by atoms with Crippen LogP contribution in [0.2, 0.25) is 3.12 Å². The van der Waals surface area contributed by atoms with Crippen LogP contribution in [0.3, 0.4) is 0 Å². The fraction of sp³-hybridized carbons (Fsp3) is 0.455. The number of allylic oxidation sites excluding steroid dienone is 5. The van der Waals surface area contributed by atoms with Crippen LogP contribution >= 0.6 is 0 Å². The first-order valence-corrected chi connectivity index (χ1v) is 11.4. The van der Waals surface area contributed by atoms with Crippen molar-refractivity contribution in [3.8, 4) is 0 Å². The molecule has 0 nitrogen and oxygen atoms in total. The van der Waals surface area contributed by atoms with Crippen molar-refractivity contribution in [2.75, 3.05) is 0 Å². The Bertz CT molecular complexity index is 744. The molecule has 3 rings (SSSR count). The van der Waals surface area contributed by atoms with E-state index >= 15 is 0 Å². The van der Waals surface area contributed by atoms with Crippen molar-refractivity contribution in [2.24, 2.45) is 0 Å². The van der Waals surface area contributed by atoms with Crippen LogP contribution in [-0.2, 0) is 23.2 Å². The van der Waals surface area contributed by atoms with Crippen LogP contribution in [-0.4, -0.2) is 0 Å². The topological polar surface area (TPSA) is 0 Å². The van der Waals surface area contributed by atoms with E-state index in [4.69, 9.17) is 0 Å². The molecule has 0 aliphatic heterocycles. The Labute approximate surface area is 199 Å². The molecular formula is C22H28I2Zr. The van der Waals surface area contributed by atoms with Gasteiger partial charge in [-0.25, -0.2) is 0 Å². The summed E-state index contributed by atoms with van der Waals surface area (Å²) in [7, 11) is 0. The average Bonchev–Trinajstić information content (AvgIpc) is 3.03. The molecule has 25 heavy (non-hydrogen) atoms. The van der Waals surface area contributed by atoms with E-state index in [1.807, 2.05) is 0 Å². The summed E-state index contributed by atoms with van der Waals surface area (Å²) in [5.41, 5.74) is 12.6. The van der Waals surface area contributed by atoms with Crippen LogP contribution in [0.25, 0.3) is 6.08 Å². The van der Waals surface area contributed by atoms with Crippen molar-refractivity contribution >= 4 is 6.08 Å². The summed E-state index contributed by atoms with van der Waals surface area (Å²) >= 11 is -0.700. The van der Waals surface area contributed by atoms with Gasteiger partial charge in [-0.2, -0.15) is 0 Å². The predicted molar refractivity (Wildman–Crippen MR) is 97.4 cm³/mol. The van der Waals surface area contributed by atoms with Gasteiger partial charge < -0.3 is 48.0 Å². The molecule has 2 aliphatic rings. The van der Waals surface area contributed by atoms with E-state index in [0.29, 0.717) is 3.12 Å². The van der Waals surface area contributed by atoms with E-state index in [9.17, 15) is 0 Å². The number of aryl methyl sites for hydroxylation is 2. The fourth-order valence-corrected chi connectivity index (χ4v) is 10.1. The molecule has 0 bridgehead atoms.